The number of phosphoric ester groups is 1. The van der Waals surface area contributed by atoms with Gasteiger partial charge in [-0.05, 0) is 57.8 Å². The number of hydrogen-bond acceptors (Lipinski definition) is 6. The average Bonchev–Trinajstić information content (AvgIpc) is 3.12. The first-order valence-electron chi connectivity index (χ1n) is 22.4. The van der Waals surface area contributed by atoms with Gasteiger partial charge in [0.05, 0.1) is 39.9 Å². The minimum Gasteiger partial charge on any atom is -0.756 e. The van der Waals surface area contributed by atoms with E-state index in [4.69, 9.17) is 9.05 Å². The second-order valence-corrected chi connectivity index (χ2v) is 17.8. The number of phosphoric acid groups is 1. The van der Waals surface area contributed by atoms with Crippen LogP contribution in [0.25, 0.3) is 0 Å². The summed E-state index contributed by atoms with van der Waals surface area (Å²) in [5.41, 5.74) is 0. The van der Waals surface area contributed by atoms with Gasteiger partial charge in [-0.25, -0.2) is 0 Å². The number of nitrogens with zero attached hydrogens (tertiary/aromatic N) is 1. The topological polar surface area (TPSA) is 108 Å². The molecule has 2 N–H and O–H groups in total. The highest BCUT2D eigenvalue weighted by Crippen LogP contribution is 2.38. The van der Waals surface area contributed by atoms with E-state index in [0.717, 1.165) is 38.5 Å². The predicted octanol–water partition coefficient (Wildman–Crippen LogP) is 11.7. The molecule has 9 heteroatoms. The molecule has 1 amide bonds. The fraction of sp³-hybridized carbons (Fsp3) is 0.844. The van der Waals surface area contributed by atoms with Crippen molar-refractivity contribution in [3.63, 3.8) is 0 Å². The van der Waals surface area contributed by atoms with Gasteiger partial charge in [-0.1, -0.05) is 166 Å². The Bertz CT molecular complexity index is 980. The zero-order valence-corrected chi connectivity index (χ0v) is 36.8. The number of quaternary nitrogens is 1. The van der Waals surface area contributed by atoms with Crippen molar-refractivity contribution in [2.24, 2.45) is 0 Å². The summed E-state index contributed by atoms with van der Waals surface area (Å²) in [6.45, 7) is 4.60. The molecule has 0 aliphatic rings. The number of unbranched alkanes of at least 4 members (excludes halogenated alkanes) is 23. The number of carbonyl (C=O) groups excluding carboxylic acids is 1. The van der Waals surface area contributed by atoms with Crippen molar-refractivity contribution >= 4 is 13.7 Å². The maximum absolute atomic E-state index is 12.8. The molecule has 0 aliphatic carbocycles. The van der Waals surface area contributed by atoms with Crippen molar-refractivity contribution in [3.05, 3.63) is 36.5 Å². The van der Waals surface area contributed by atoms with E-state index in [1.165, 1.54) is 135 Å². The Morgan fingerprint density at radius 3 is 1.52 bits per heavy atom. The third kappa shape index (κ3) is 39.0. The van der Waals surface area contributed by atoms with Crippen LogP contribution in [0.1, 0.15) is 194 Å². The molecule has 3 atom stereocenters. The van der Waals surface area contributed by atoms with Crippen LogP contribution in [-0.4, -0.2) is 68.5 Å². The van der Waals surface area contributed by atoms with Gasteiger partial charge < -0.3 is 28.8 Å². The number of rotatable bonds is 40. The van der Waals surface area contributed by atoms with Gasteiger partial charge in [-0.3, -0.25) is 9.36 Å². The molecule has 0 aromatic heterocycles. The van der Waals surface area contributed by atoms with Crippen molar-refractivity contribution in [2.75, 3.05) is 40.9 Å². The molecule has 0 bridgehead atoms. The second kappa shape index (κ2) is 37.3. The lowest BCUT2D eigenvalue weighted by molar-refractivity contribution is -0.870. The largest absolute Gasteiger partial charge is 0.756 e. The molecule has 0 rings (SSSR count). The number of allylic oxidation sites excluding steroid dienone is 5. The molecule has 0 aromatic carbocycles. The highest BCUT2D eigenvalue weighted by molar-refractivity contribution is 7.45. The molecule has 0 saturated carbocycles. The van der Waals surface area contributed by atoms with E-state index in [1.807, 2.05) is 27.2 Å². The highest BCUT2D eigenvalue weighted by atomic mass is 31.2. The summed E-state index contributed by atoms with van der Waals surface area (Å²) in [6.07, 6.45) is 44.7. The second-order valence-electron chi connectivity index (χ2n) is 16.4. The summed E-state index contributed by atoms with van der Waals surface area (Å²) < 4.78 is 23.2. The number of amides is 1. The van der Waals surface area contributed by atoms with E-state index >= 15 is 0 Å². The number of hydrogen-bond donors (Lipinski definition) is 2. The lowest BCUT2D eigenvalue weighted by atomic mass is 10.1. The molecular formula is C45H87N2O6P. The molecular weight excluding hydrogens is 695 g/mol. The fourth-order valence-electron chi connectivity index (χ4n) is 6.22. The maximum Gasteiger partial charge on any atom is 0.268 e. The molecule has 318 valence electrons. The van der Waals surface area contributed by atoms with E-state index in [-0.39, 0.29) is 12.5 Å². The van der Waals surface area contributed by atoms with E-state index in [1.54, 1.807) is 6.08 Å². The molecule has 0 heterocycles. The number of carbonyl (C=O) groups is 1. The summed E-state index contributed by atoms with van der Waals surface area (Å²) in [5, 5.41) is 13.7. The van der Waals surface area contributed by atoms with Crippen molar-refractivity contribution in [2.45, 2.75) is 206 Å². The van der Waals surface area contributed by atoms with Crippen LogP contribution in [0.3, 0.4) is 0 Å². The summed E-state index contributed by atoms with van der Waals surface area (Å²) >= 11 is 0. The van der Waals surface area contributed by atoms with Crippen molar-refractivity contribution < 1.29 is 32.9 Å². The molecule has 8 nitrogen and oxygen atoms in total. The van der Waals surface area contributed by atoms with Crippen LogP contribution in [-0.2, 0) is 18.4 Å². The van der Waals surface area contributed by atoms with Crippen LogP contribution >= 0.6 is 7.82 Å². The zero-order valence-electron chi connectivity index (χ0n) is 35.9. The van der Waals surface area contributed by atoms with Gasteiger partial charge in [0.15, 0.2) is 0 Å². The summed E-state index contributed by atoms with van der Waals surface area (Å²) in [5.74, 6) is -0.213. The fourth-order valence-corrected chi connectivity index (χ4v) is 6.94. The smallest absolute Gasteiger partial charge is 0.268 e. The minimum atomic E-state index is -4.59. The van der Waals surface area contributed by atoms with Gasteiger partial charge in [-0.2, -0.15) is 0 Å². The minimum absolute atomic E-state index is 0.00717. The number of aliphatic hydroxyl groups excluding tert-OH is 1. The van der Waals surface area contributed by atoms with Crippen LogP contribution in [0, 0.1) is 0 Å². The Kier molecular flexibility index (Phi) is 36.4. The van der Waals surface area contributed by atoms with E-state index in [9.17, 15) is 19.4 Å². The normalized spacial score (nSPS) is 14.7. The Labute approximate surface area is 334 Å². The standard InChI is InChI=1S/C45H87N2O6P/c1-6-8-10-12-14-16-18-20-22-23-25-26-28-30-32-34-36-38-44(48)43(42-53-54(50,51)52-41-40-47(3,4)5)46-45(49)39-37-35-33-31-29-27-24-21-19-17-15-13-11-9-7-2/h17,19,28,30,36,38,43-44,48H,6-16,18,20-27,29,31-35,37,39-42H2,1-5H3,(H-,46,49,50,51)/b19-17-,30-28+,38-36+. The average molecular weight is 783 g/mol. The molecule has 0 radical (unpaired) electrons. The van der Waals surface area contributed by atoms with Gasteiger partial charge >= 0.3 is 0 Å². The van der Waals surface area contributed by atoms with Gasteiger partial charge in [0, 0.05) is 6.42 Å². The molecule has 0 aromatic rings. The van der Waals surface area contributed by atoms with Crippen molar-refractivity contribution in [1.82, 2.24) is 5.32 Å². The quantitative estimate of drug-likeness (QED) is 0.0277. The first kappa shape index (κ1) is 52.7. The van der Waals surface area contributed by atoms with Crippen molar-refractivity contribution in [3.8, 4) is 0 Å². The molecule has 3 unspecified atom stereocenters. The Balaban J connectivity index is 4.49. The van der Waals surface area contributed by atoms with E-state index < -0.39 is 26.6 Å². The Morgan fingerprint density at radius 1 is 0.630 bits per heavy atom. The molecule has 0 aliphatic heterocycles. The first-order chi connectivity index (χ1) is 26.0. The van der Waals surface area contributed by atoms with E-state index in [2.05, 4.69) is 43.5 Å². The number of likely N-dealkylation sites (N-methyl/N-ethyl adjacent to an activating group) is 1. The molecule has 54 heavy (non-hydrogen) atoms. The number of aliphatic hydroxyl groups is 1. The summed E-state index contributed by atoms with van der Waals surface area (Å²) in [4.78, 5) is 25.3. The summed E-state index contributed by atoms with van der Waals surface area (Å²) in [6, 6.07) is -0.903. The Morgan fingerprint density at radius 2 is 1.04 bits per heavy atom. The summed E-state index contributed by atoms with van der Waals surface area (Å²) in [7, 11) is 1.24. The highest BCUT2D eigenvalue weighted by Gasteiger charge is 2.23. The lowest BCUT2D eigenvalue weighted by Crippen LogP contribution is -2.45. The van der Waals surface area contributed by atoms with Gasteiger partial charge in [0.2, 0.25) is 5.91 Å². The third-order valence-electron chi connectivity index (χ3n) is 9.82. The van der Waals surface area contributed by atoms with Crippen LogP contribution in [0.15, 0.2) is 36.5 Å². The molecule has 0 saturated heterocycles. The number of nitrogens with one attached hydrogen (secondary N) is 1. The molecule has 0 fully saturated rings. The van der Waals surface area contributed by atoms with Crippen LogP contribution in [0.2, 0.25) is 0 Å². The lowest BCUT2D eigenvalue weighted by Gasteiger charge is -2.29. The van der Waals surface area contributed by atoms with Crippen LogP contribution in [0.4, 0.5) is 0 Å². The van der Waals surface area contributed by atoms with Crippen molar-refractivity contribution in [1.29, 1.82) is 0 Å². The zero-order chi connectivity index (χ0) is 40.0. The SMILES string of the molecule is CCCCCC/C=C\CCCCCCCCCC(=O)NC(COP(=O)([O-])OCC[N+](C)(C)C)C(O)/C=C/CC/C=C/CCCCCCCCCCCCC. The first-order valence-corrected chi connectivity index (χ1v) is 23.8. The Hall–Kier alpha value is -1.28. The van der Waals surface area contributed by atoms with E-state index in [0.29, 0.717) is 17.4 Å². The maximum atomic E-state index is 12.8. The van der Waals surface area contributed by atoms with Gasteiger partial charge in [0.1, 0.15) is 13.2 Å². The monoisotopic (exact) mass is 783 g/mol. The van der Waals surface area contributed by atoms with Gasteiger partial charge in [-0.15, -0.1) is 0 Å². The molecule has 0 spiro atoms. The third-order valence-corrected chi connectivity index (χ3v) is 10.8. The van der Waals surface area contributed by atoms with Gasteiger partial charge in [0.25, 0.3) is 7.82 Å². The van der Waals surface area contributed by atoms with Crippen LogP contribution < -0.4 is 10.2 Å². The predicted molar refractivity (Wildman–Crippen MR) is 228 cm³/mol. The van der Waals surface area contributed by atoms with Crippen LogP contribution in [0.5, 0.6) is 0 Å².